The van der Waals surface area contributed by atoms with Crippen LogP contribution in [0.1, 0.15) is 44.1 Å². The third-order valence-corrected chi connectivity index (χ3v) is 4.90. The second-order valence-corrected chi connectivity index (χ2v) is 7.36. The van der Waals surface area contributed by atoms with Crippen LogP contribution in [-0.2, 0) is 13.0 Å². The molecular weight excluding hydrogens is 503 g/mol. The van der Waals surface area contributed by atoms with Crippen LogP contribution in [0.4, 0.5) is 0 Å². The second kappa shape index (κ2) is 12.5. The van der Waals surface area contributed by atoms with Gasteiger partial charge in [0.15, 0.2) is 11.6 Å². The van der Waals surface area contributed by atoms with E-state index in [2.05, 4.69) is 66.7 Å². The molecule has 0 radical (unpaired) electrons. The molecule has 0 fully saturated rings. The van der Waals surface area contributed by atoms with Crippen LogP contribution in [0.5, 0.6) is 5.75 Å². The number of hydrogen-bond donors (Lipinski definition) is 2. The number of ether oxygens (including phenoxy) is 1. The molecular formula is C23H33IN6O. The summed E-state index contributed by atoms with van der Waals surface area (Å²) in [4.78, 5) is 4.76. The molecule has 168 valence electrons. The average molecular weight is 536 g/mol. The van der Waals surface area contributed by atoms with Gasteiger partial charge in [0, 0.05) is 31.3 Å². The maximum absolute atomic E-state index is 6.11. The summed E-state index contributed by atoms with van der Waals surface area (Å²) >= 11 is 0. The van der Waals surface area contributed by atoms with Gasteiger partial charge < -0.3 is 15.4 Å². The Labute approximate surface area is 201 Å². The van der Waals surface area contributed by atoms with E-state index in [0.717, 1.165) is 48.1 Å². The fourth-order valence-electron chi connectivity index (χ4n) is 3.06. The van der Waals surface area contributed by atoms with E-state index in [1.807, 2.05) is 28.8 Å². The van der Waals surface area contributed by atoms with E-state index in [-0.39, 0.29) is 30.1 Å². The van der Waals surface area contributed by atoms with Crippen molar-refractivity contribution in [3.8, 4) is 5.75 Å². The average Bonchev–Trinajstić information content (AvgIpc) is 3.16. The van der Waals surface area contributed by atoms with Gasteiger partial charge in [-0.2, -0.15) is 0 Å². The summed E-state index contributed by atoms with van der Waals surface area (Å²) in [6, 6.07) is 12.2. The van der Waals surface area contributed by atoms with Gasteiger partial charge in [-0.05, 0) is 51.0 Å². The first-order chi connectivity index (χ1) is 14.6. The predicted octanol–water partition coefficient (Wildman–Crippen LogP) is 4.13. The Morgan fingerprint density at radius 1 is 1.16 bits per heavy atom. The molecule has 7 nitrogen and oxygen atoms in total. The van der Waals surface area contributed by atoms with Crippen molar-refractivity contribution in [2.75, 3.05) is 13.1 Å². The van der Waals surface area contributed by atoms with Crippen molar-refractivity contribution in [2.24, 2.45) is 4.99 Å². The Kier molecular flexibility index (Phi) is 10.0. The molecule has 2 N–H and O–H groups in total. The molecule has 1 unspecified atom stereocenters. The van der Waals surface area contributed by atoms with Crippen molar-refractivity contribution in [3.05, 3.63) is 59.5 Å². The number of aliphatic imine (C=N–C) groups is 1. The van der Waals surface area contributed by atoms with E-state index in [4.69, 9.17) is 9.73 Å². The number of benzene rings is 1. The molecule has 1 atom stereocenters. The molecule has 3 rings (SSSR count). The molecule has 0 saturated heterocycles. The van der Waals surface area contributed by atoms with Crippen molar-refractivity contribution >= 4 is 35.6 Å². The minimum atomic E-state index is 0. The Morgan fingerprint density at radius 2 is 2.00 bits per heavy atom. The molecule has 0 aliphatic rings. The lowest BCUT2D eigenvalue weighted by atomic mass is 10.1. The molecule has 0 aliphatic heterocycles. The topological polar surface area (TPSA) is 75.8 Å². The van der Waals surface area contributed by atoms with Crippen molar-refractivity contribution in [3.63, 3.8) is 0 Å². The highest BCUT2D eigenvalue weighted by atomic mass is 127. The summed E-state index contributed by atoms with van der Waals surface area (Å²) in [5.74, 6) is 2.62. The molecule has 2 aromatic heterocycles. The van der Waals surface area contributed by atoms with Gasteiger partial charge in [-0.1, -0.05) is 25.1 Å². The quantitative estimate of drug-likeness (QED) is 0.245. The monoisotopic (exact) mass is 536 g/mol. The summed E-state index contributed by atoms with van der Waals surface area (Å²) in [6.07, 6.45) is 3.89. The normalized spacial score (nSPS) is 12.3. The van der Waals surface area contributed by atoms with Crippen LogP contribution in [-0.4, -0.2) is 39.8 Å². The number of pyridine rings is 1. The lowest BCUT2D eigenvalue weighted by Crippen LogP contribution is -2.38. The van der Waals surface area contributed by atoms with E-state index < -0.39 is 0 Å². The highest BCUT2D eigenvalue weighted by molar-refractivity contribution is 14.0. The zero-order chi connectivity index (χ0) is 21.3. The number of aryl methyl sites for hydroxylation is 1. The highest BCUT2D eigenvalue weighted by Crippen LogP contribution is 2.23. The molecule has 0 aliphatic carbocycles. The second-order valence-electron chi connectivity index (χ2n) is 7.36. The van der Waals surface area contributed by atoms with Gasteiger partial charge in [0.2, 0.25) is 0 Å². The number of nitrogens with zero attached hydrogens (tertiary/aromatic N) is 4. The van der Waals surface area contributed by atoms with E-state index >= 15 is 0 Å². The summed E-state index contributed by atoms with van der Waals surface area (Å²) < 4.78 is 8.12. The maximum Gasteiger partial charge on any atom is 0.191 e. The van der Waals surface area contributed by atoms with Crippen LogP contribution in [0.2, 0.25) is 0 Å². The summed E-state index contributed by atoms with van der Waals surface area (Å²) in [6.45, 7) is 10.4. The van der Waals surface area contributed by atoms with Gasteiger partial charge in [-0.3, -0.25) is 4.40 Å². The number of nitrogens with one attached hydrogen (secondary N) is 2. The van der Waals surface area contributed by atoms with Gasteiger partial charge in [-0.15, -0.1) is 34.2 Å². The molecule has 2 heterocycles. The van der Waals surface area contributed by atoms with Gasteiger partial charge in [-0.25, -0.2) is 4.99 Å². The molecule has 0 spiro atoms. The minimum Gasteiger partial charge on any atom is -0.490 e. The number of guanidine groups is 1. The summed E-state index contributed by atoms with van der Waals surface area (Å²) in [5, 5.41) is 15.2. The molecule has 8 heteroatoms. The van der Waals surface area contributed by atoms with Crippen molar-refractivity contribution < 1.29 is 4.74 Å². The first-order valence-electron chi connectivity index (χ1n) is 10.7. The van der Waals surface area contributed by atoms with E-state index in [1.54, 1.807) is 0 Å². The maximum atomic E-state index is 6.11. The van der Waals surface area contributed by atoms with Gasteiger partial charge in [0.05, 0.1) is 12.6 Å². The Bertz CT molecular complexity index is 987. The molecule has 0 amide bonds. The van der Waals surface area contributed by atoms with Crippen LogP contribution >= 0.6 is 24.0 Å². The number of hydrogen-bond acceptors (Lipinski definition) is 4. The first kappa shape index (κ1) is 24.9. The zero-order valence-corrected chi connectivity index (χ0v) is 21.1. The standard InChI is InChI=1S/C23H32N6O.HI/c1-5-18(4)30-20-15-17(3)10-11-19(20)16-26-23(24-6-2)25-13-12-22-28-27-21-9-7-8-14-29(21)22;/h7-11,14-15,18H,5-6,12-13,16H2,1-4H3,(H2,24,25,26);1H. The molecule has 1 aromatic carbocycles. The van der Waals surface area contributed by atoms with Crippen LogP contribution in [0.25, 0.3) is 5.65 Å². The van der Waals surface area contributed by atoms with Crippen LogP contribution in [0.15, 0.2) is 47.6 Å². The number of fused-ring (bicyclic) bond motifs is 1. The van der Waals surface area contributed by atoms with Crippen molar-refractivity contribution in [1.82, 2.24) is 25.2 Å². The van der Waals surface area contributed by atoms with E-state index in [0.29, 0.717) is 13.1 Å². The molecule has 0 saturated carbocycles. The minimum absolute atomic E-state index is 0. The van der Waals surface area contributed by atoms with Crippen molar-refractivity contribution in [1.29, 1.82) is 0 Å². The van der Waals surface area contributed by atoms with Gasteiger partial charge in [0.1, 0.15) is 11.6 Å². The van der Waals surface area contributed by atoms with Gasteiger partial charge >= 0.3 is 0 Å². The fourth-order valence-corrected chi connectivity index (χ4v) is 3.06. The van der Waals surface area contributed by atoms with Crippen molar-refractivity contribution in [2.45, 2.75) is 53.2 Å². The largest absolute Gasteiger partial charge is 0.490 e. The molecule has 31 heavy (non-hydrogen) atoms. The molecule has 3 aromatic rings. The SMILES string of the molecule is CCNC(=NCc1ccc(C)cc1OC(C)CC)NCCc1nnc2ccccn12.I. The number of aromatic nitrogens is 3. The Balaban J connectivity index is 0.00000341. The summed E-state index contributed by atoms with van der Waals surface area (Å²) in [5.41, 5.74) is 3.13. The fraction of sp³-hybridized carbons (Fsp3) is 0.435. The highest BCUT2D eigenvalue weighted by Gasteiger charge is 2.09. The van der Waals surface area contributed by atoms with Crippen LogP contribution < -0.4 is 15.4 Å². The Hall–Kier alpha value is -2.36. The smallest absolute Gasteiger partial charge is 0.191 e. The number of rotatable bonds is 9. The van der Waals surface area contributed by atoms with E-state index in [1.165, 1.54) is 5.56 Å². The predicted molar refractivity (Wildman–Crippen MR) is 136 cm³/mol. The summed E-state index contributed by atoms with van der Waals surface area (Å²) in [7, 11) is 0. The Morgan fingerprint density at radius 3 is 2.77 bits per heavy atom. The third-order valence-electron chi connectivity index (χ3n) is 4.90. The van der Waals surface area contributed by atoms with Gasteiger partial charge in [0.25, 0.3) is 0 Å². The van der Waals surface area contributed by atoms with Crippen LogP contribution in [0, 0.1) is 6.92 Å². The zero-order valence-electron chi connectivity index (χ0n) is 18.8. The lowest BCUT2D eigenvalue weighted by Gasteiger charge is -2.17. The van der Waals surface area contributed by atoms with E-state index in [9.17, 15) is 0 Å². The first-order valence-corrected chi connectivity index (χ1v) is 10.7. The third kappa shape index (κ3) is 7.09. The lowest BCUT2D eigenvalue weighted by molar-refractivity contribution is 0.215. The molecule has 0 bridgehead atoms. The van der Waals surface area contributed by atoms with Crippen LogP contribution in [0.3, 0.4) is 0 Å². The number of halogens is 1.